The molecule has 2 amide bonds. The van der Waals surface area contributed by atoms with E-state index in [0.29, 0.717) is 29.5 Å². The SMILES string of the molecule is CCCSc1ccc(NC(=O)c2cnc3c(c2)N(CC2CC2)C(=O)CN3)cc1. The zero-order valence-corrected chi connectivity index (χ0v) is 16.7. The van der Waals surface area contributed by atoms with E-state index in [0.717, 1.165) is 30.7 Å². The molecule has 1 aliphatic carbocycles. The van der Waals surface area contributed by atoms with Gasteiger partial charge in [-0.1, -0.05) is 6.92 Å². The minimum absolute atomic E-state index is 0.0268. The fourth-order valence-electron chi connectivity index (χ4n) is 3.12. The molecule has 1 aliphatic heterocycles. The van der Waals surface area contributed by atoms with Gasteiger partial charge < -0.3 is 15.5 Å². The van der Waals surface area contributed by atoms with Crippen LogP contribution in [0.2, 0.25) is 0 Å². The summed E-state index contributed by atoms with van der Waals surface area (Å²) in [5, 5.41) is 5.95. The van der Waals surface area contributed by atoms with Crippen LogP contribution in [-0.4, -0.2) is 35.6 Å². The molecule has 0 bridgehead atoms. The van der Waals surface area contributed by atoms with Gasteiger partial charge in [0.15, 0.2) is 0 Å². The molecular weight excluding hydrogens is 372 g/mol. The Labute approximate surface area is 169 Å². The zero-order chi connectivity index (χ0) is 19.5. The summed E-state index contributed by atoms with van der Waals surface area (Å²) < 4.78 is 0. The molecule has 1 saturated carbocycles. The minimum Gasteiger partial charge on any atom is -0.359 e. The van der Waals surface area contributed by atoms with E-state index < -0.39 is 0 Å². The fraction of sp³-hybridized carbons (Fsp3) is 0.381. The number of nitrogens with one attached hydrogen (secondary N) is 2. The highest BCUT2D eigenvalue weighted by molar-refractivity contribution is 7.99. The fourth-order valence-corrected chi connectivity index (χ4v) is 3.89. The van der Waals surface area contributed by atoms with Gasteiger partial charge in [0.2, 0.25) is 5.91 Å². The number of benzene rings is 1. The van der Waals surface area contributed by atoms with Gasteiger partial charge in [-0.05, 0) is 61.3 Å². The third kappa shape index (κ3) is 4.30. The van der Waals surface area contributed by atoms with Gasteiger partial charge in [-0.2, -0.15) is 0 Å². The van der Waals surface area contributed by atoms with Crippen LogP contribution in [0.25, 0.3) is 0 Å². The van der Waals surface area contributed by atoms with Crippen LogP contribution < -0.4 is 15.5 Å². The van der Waals surface area contributed by atoms with Crippen molar-refractivity contribution in [2.24, 2.45) is 5.92 Å². The molecule has 2 heterocycles. The third-order valence-electron chi connectivity index (χ3n) is 4.85. The number of carbonyl (C=O) groups is 2. The van der Waals surface area contributed by atoms with Crippen molar-refractivity contribution in [3.8, 4) is 0 Å². The molecule has 2 N–H and O–H groups in total. The summed E-state index contributed by atoms with van der Waals surface area (Å²) in [7, 11) is 0. The number of fused-ring (bicyclic) bond motifs is 1. The van der Waals surface area contributed by atoms with Crippen LogP contribution in [0.15, 0.2) is 41.4 Å². The van der Waals surface area contributed by atoms with Gasteiger partial charge in [0.05, 0.1) is 17.8 Å². The van der Waals surface area contributed by atoms with Crippen molar-refractivity contribution in [1.82, 2.24) is 4.98 Å². The summed E-state index contributed by atoms with van der Waals surface area (Å²) in [6.07, 6.45) is 5.00. The molecule has 0 radical (unpaired) electrons. The first-order valence-corrected chi connectivity index (χ1v) is 10.7. The van der Waals surface area contributed by atoms with Crippen molar-refractivity contribution in [3.05, 3.63) is 42.1 Å². The molecular formula is C21H24N4O2S. The zero-order valence-electron chi connectivity index (χ0n) is 15.9. The van der Waals surface area contributed by atoms with Crippen molar-refractivity contribution < 1.29 is 9.59 Å². The Hall–Kier alpha value is -2.54. The lowest BCUT2D eigenvalue weighted by Gasteiger charge is -2.29. The lowest BCUT2D eigenvalue weighted by molar-refractivity contribution is -0.117. The van der Waals surface area contributed by atoms with Gasteiger partial charge in [0, 0.05) is 23.3 Å². The Morgan fingerprint density at radius 2 is 2.11 bits per heavy atom. The molecule has 28 heavy (non-hydrogen) atoms. The van der Waals surface area contributed by atoms with E-state index >= 15 is 0 Å². The molecule has 4 rings (SSSR count). The standard InChI is InChI=1S/C21H24N4O2S/c1-2-9-28-17-7-5-16(6-8-17)24-21(27)15-10-18-20(22-11-15)23-12-19(26)25(18)13-14-3-4-14/h5-8,10-11,14H,2-4,9,12-13H2,1H3,(H,22,23)(H,24,27). The van der Waals surface area contributed by atoms with E-state index in [2.05, 4.69) is 22.5 Å². The number of amides is 2. The molecule has 146 valence electrons. The summed E-state index contributed by atoms with van der Waals surface area (Å²) in [5.74, 6) is 2.11. The molecule has 7 heteroatoms. The molecule has 1 aromatic carbocycles. The van der Waals surface area contributed by atoms with Crippen LogP contribution in [0, 0.1) is 5.92 Å². The highest BCUT2D eigenvalue weighted by Crippen LogP contribution is 2.35. The first-order valence-electron chi connectivity index (χ1n) is 9.72. The summed E-state index contributed by atoms with van der Waals surface area (Å²) in [5.41, 5.74) is 1.88. The Balaban J connectivity index is 1.48. The highest BCUT2D eigenvalue weighted by Gasteiger charge is 2.32. The van der Waals surface area contributed by atoms with Gasteiger partial charge in [-0.25, -0.2) is 4.98 Å². The predicted molar refractivity (Wildman–Crippen MR) is 113 cm³/mol. The second-order valence-corrected chi connectivity index (χ2v) is 8.39. The Bertz CT molecular complexity index is 880. The summed E-state index contributed by atoms with van der Waals surface area (Å²) >= 11 is 1.80. The second kappa shape index (κ2) is 8.22. The molecule has 2 aromatic rings. The van der Waals surface area contributed by atoms with Crippen molar-refractivity contribution in [2.75, 3.05) is 34.4 Å². The molecule has 6 nitrogen and oxygen atoms in total. The molecule has 0 atom stereocenters. The number of carbonyl (C=O) groups excluding carboxylic acids is 2. The number of nitrogens with zero attached hydrogens (tertiary/aromatic N) is 2. The predicted octanol–water partition coefficient (Wildman–Crippen LogP) is 4.00. The molecule has 0 saturated heterocycles. The third-order valence-corrected chi connectivity index (χ3v) is 6.07. The van der Waals surface area contributed by atoms with E-state index in [-0.39, 0.29) is 18.4 Å². The Kier molecular flexibility index (Phi) is 5.52. The second-order valence-electron chi connectivity index (χ2n) is 7.22. The molecule has 0 unspecified atom stereocenters. The van der Waals surface area contributed by atoms with Gasteiger partial charge >= 0.3 is 0 Å². The topological polar surface area (TPSA) is 74.3 Å². The first kappa shape index (κ1) is 18.8. The van der Waals surface area contributed by atoms with E-state index in [1.807, 2.05) is 24.3 Å². The van der Waals surface area contributed by atoms with Gasteiger partial charge in [0.1, 0.15) is 5.82 Å². The maximum absolute atomic E-state index is 12.7. The lowest BCUT2D eigenvalue weighted by atomic mass is 10.1. The number of aromatic nitrogens is 1. The quantitative estimate of drug-likeness (QED) is 0.692. The van der Waals surface area contributed by atoms with Crippen molar-refractivity contribution in [2.45, 2.75) is 31.1 Å². The van der Waals surface area contributed by atoms with Crippen LogP contribution >= 0.6 is 11.8 Å². The monoisotopic (exact) mass is 396 g/mol. The van der Waals surface area contributed by atoms with Gasteiger partial charge in [0.25, 0.3) is 5.91 Å². The van der Waals surface area contributed by atoms with Crippen LogP contribution in [0.4, 0.5) is 17.2 Å². The van der Waals surface area contributed by atoms with Crippen LogP contribution in [0.3, 0.4) is 0 Å². The molecule has 2 aliphatic rings. The van der Waals surface area contributed by atoms with Gasteiger partial charge in [-0.3, -0.25) is 9.59 Å². The number of hydrogen-bond donors (Lipinski definition) is 2. The Morgan fingerprint density at radius 3 is 2.82 bits per heavy atom. The summed E-state index contributed by atoms with van der Waals surface area (Å²) in [6.45, 7) is 3.11. The molecule has 1 fully saturated rings. The van der Waals surface area contributed by atoms with Crippen LogP contribution in [-0.2, 0) is 4.79 Å². The van der Waals surface area contributed by atoms with Crippen molar-refractivity contribution >= 4 is 40.8 Å². The van der Waals surface area contributed by atoms with Crippen LogP contribution in [0.1, 0.15) is 36.5 Å². The highest BCUT2D eigenvalue weighted by atomic mass is 32.2. The normalized spacial score (nSPS) is 15.8. The largest absolute Gasteiger partial charge is 0.359 e. The van der Waals surface area contributed by atoms with E-state index in [9.17, 15) is 9.59 Å². The number of hydrogen-bond acceptors (Lipinski definition) is 5. The van der Waals surface area contributed by atoms with Crippen LogP contribution in [0.5, 0.6) is 0 Å². The molecule has 1 aromatic heterocycles. The number of pyridine rings is 1. The van der Waals surface area contributed by atoms with E-state index in [1.54, 1.807) is 28.9 Å². The van der Waals surface area contributed by atoms with E-state index in [1.165, 1.54) is 4.90 Å². The number of rotatable bonds is 7. The average Bonchev–Trinajstić information content (AvgIpc) is 3.53. The maximum atomic E-state index is 12.7. The average molecular weight is 397 g/mol. The number of thioether (sulfide) groups is 1. The molecule has 0 spiro atoms. The maximum Gasteiger partial charge on any atom is 0.257 e. The Morgan fingerprint density at radius 1 is 1.32 bits per heavy atom. The first-order chi connectivity index (χ1) is 13.6. The number of anilines is 3. The smallest absolute Gasteiger partial charge is 0.257 e. The summed E-state index contributed by atoms with van der Waals surface area (Å²) in [4.78, 5) is 32.4. The van der Waals surface area contributed by atoms with Crippen molar-refractivity contribution in [1.29, 1.82) is 0 Å². The minimum atomic E-state index is -0.228. The van der Waals surface area contributed by atoms with E-state index in [4.69, 9.17) is 0 Å². The summed E-state index contributed by atoms with van der Waals surface area (Å²) in [6, 6.07) is 9.61. The van der Waals surface area contributed by atoms with Crippen molar-refractivity contribution in [3.63, 3.8) is 0 Å². The lowest BCUT2D eigenvalue weighted by Crippen LogP contribution is -2.41. The van der Waals surface area contributed by atoms with Gasteiger partial charge in [-0.15, -0.1) is 11.8 Å².